The fourth-order valence-electron chi connectivity index (χ4n) is 1.26. The Morgan fingerprint density at radius 1 is 1.09 bits per heavy atom. The van der Waals surface area contributed by atoms with Gasteiger partial charge in [-0.25, -0.2) is 9.97 Å². The molecule has 0 saturated carbocycles. The van der Waals surface area contributed by atoms with Crippen LogP contribution < -0.4 is 15.2 Å². The maximum absolute atomic E-state index is 10.3. The number of nitro groups is 1. The number of rotatable bonds is 3. The van der Waals surface area contributed by atoms with Gasteiger partial charge in [0.2, 0.25) is 11.8 Å². The molecule has 10 heteroatoms. The fraction of sp³-hybridized carbons (Fsp3) is 0.167. The van der Waals surface area contributed by atoms with Crippen molar-refractivity contribution in [1.82, 2.24) is 9.97 Å². The van der Waals surface area contributed by atoms with Crippen LogP contribution in [0.25, 0.3) is 0 Å². The molecule has 0 radical (unpaired) electrons. The lowest BCUT2D eigenvalue weighted by Gasteiger charge is -2.00. The average molecular weight is 436 g/mol. The molecule has 0 aliphatic carbocycles. The van der Waals surface area contributed by atoms with Gasteiger partial charge in [-0.2, -0.15) is 0 Å². The number of nitrogens with zero attached hydrogens (tertiary/aromatic N) is 3. The third kappa shape index (κ3) is 5.11. The molecule has 2 rings (SSSR count). The molecule has 0 aromatic carbocycles. The van der Waals surface area contributed by atoms with Gasteiger partial charge >= 0.3 is 0 Å². The third-order valence-electron chi connectivity index (χ3n) is 2.22. The van der Waals surface area contributed by atoms with Crippen molar-refractivity contribution in [3.63, 3.8) is 0 Å². The van der Waals surface area contributed by atoms with E-state index in [1.54, 1.807) is 19.4 Å². The van der Waals surface area contributed by atoms with Gasteiger partial charge in [0.15, 0.2) is 0 Å². The Labute approximate surface area is 143 Å². The van der Waals surface area contributed by atoms with Crippen molar-refractivity contribution in [2.24, 2.45) is 0 Å². The molecular weight excluding hydrogens is 424 g/mol. The molecule has 0 aliphatic heterocycles. The SMILES string of the molecule is COc1ncc(N)cc1Br.COc1ncc([N+](=O)[O-])cc1Br. The zero-order valence-corrected chi connectivity index (χ0v) is 14.8. The van der Waals surface area contributed by atoms with Gasteiger partial charge in [0.1, 0.15) is 6.20 Å². The highest BCUT2D eigenvalue weighted by molar-refractivity contribution is 9.10. The van der Waals surface area contributed by atoms with Crippen molar-refractivity contribution in [2.75, 3.05) is 20.0 Å². The largest absolute Gasteiger partial charge is 0.480 e. The van der Waals surface area contributed by atoms with Crippen LogP contribution in [0, 0.1) is 10.1 Å². The topological polar surface area (TPSA) is 113 Å². The third-order valence-corrected chi connectivity index (χ3v) is 3.36. The van der Waals surface area contributed by atoms with Crippen molar-refractivity contribution in [1.29, 1.82) is 0 Å². The summed E-state index contributed by atoms with van der Waals surface area (Å²) >= 11 is 6.32. The van der Waals surface area contributed by atoms with Gasteiger partial charge in [0.25, 0.3) is 5.69 Å². The molecule has 0 aliphatic rings. The first-order valence-corrected chi connectivity index (χ1v) is 7.26. The summed E-state index contributed by atoms with van der Waals surface area (Å²) in [5, 5.41) is 10.3. The number of nitrogen functional groups attached to an aromatic ring is 1. The number of hydrogen-bond donors (Lipinski definition) is 1. The number of aromatic nitrogens is 2. The highest BCUT2D eigenvalue weighted by Gasteiger charge is 2.09. The minimum atomic E-state index is -0.517. The van der Waals surface area contributed by atoms with E-state index in [1.807, 2.05) is 0 Å². The summed E-state index contributed by atoms with van der Waals surface area (Å²) in [7, 11) is 3.00. The number of pyridine rings is 2. The van der Waals surface area contributed by atoms with Gasteiger partial charge in [-0.05, 0) is 37.9 Å². The second-order valence-corrected chi connectivity index (χ2v) is 5.41. The molecule has 2 aromatic heterocycles. The van der Waals surface area contributed by atoms with Crippen LogP contribution in [-0.4, -0.2) is 29.1 Å². The van der Waals surface area contributed by atoms with E-state index in [0.717, 1.165) is 10.7 Å². The molecule has 0 unspecified atom stereocenters. The maximum Gasteiger partial charge on any atom is 0.288 e. The van der Waals surface area contributed by atoms with Gasteiger partial charge in [-0.1, -0.05) is 0 Å². The van der Waals surface area contributed by atoms with Gasteiger partial charge in [-0.15, -0.1) is 0 Å². The molecule has 0 bridgehead atoms. The normalized spacial score (nSPS) is 9.45. The highest BCUT2D eigenvalue weighted by Crippen LogP contribution is 2.25. The molecule has 2 aromatic rings. The van der Waals surface area contributed by atoms with Crippen LogP contribution in [0.5, 0.6) is 11.8 Å². The lowest BCUT2D eigenvalue weighted by Crippen LogP contribution is -1.92. The molecule has 22 heavy (non-hydrogen) atoms. The lowest BCUT2D eigenvalue weighted by atomic mass is 10.4. The number of halogens is 2. The van der Waals surface area contributed by atoms with Crippen LogP contribution in [0.15, 0.2) is 33.5 Å². The highest BCUT2D eigenvalue weighted by atomic mass is 79.9. The van der Waals surface area contributed by atoms with Crippen molar-refractivity contribution in [2.45, 2.75) is 0 Å². The number of methoxy groups -OCH3 is 2. The molecule has 118 valence electrons. The average Bonchev–Trinajstić information content (AvgIpc) is 2.48. The van der Waals surface area contributed by atoms with Crippen LogP contribution in [0.1, 0.15) is 0 Å². The number of ether oxygens (including phenoxy) is 2. The Morgan fingerprint density at radius 2 is 1.59 bits per heavy atom. The summed E-state index contributed by atoms with van der Waals surface area (Å²) in [6.07, 6.45) is 2.69. The van der Waals surface area contributed by atoms with Crippen molar-refractivity contribution in [3.8, 4) is 11.8 Å². The Hall–Kier alpha value is -1.94. The van der Waals surface area contributed by atoms with E-state index in [4.69, 9.17) is 15.2 Å². The second kappa shape index (κ2) is 8.49. The van der Waals surface area contributed by atoms with E-state index in [-0.39, 0.29) is 5.69 Å². The minimum absolute atomic E-state index is 0.0670. The number of hydrogen-bond acceptors (Lipinski definition) is 7. The summed E-state index contributed by atoms with van der Waals surface area (Å²) in [6, 6.07) is 3.08. The Balaban J connectivity index is 0.000000224. The zero-order chi connectivity index (χ0) is 16.7. The molecule has 2 heterocycles. The molecule has 0 fully saturated rings. The quantitative estimate of drug-likeness (QED) is 0.581. The van der Waals surface area contributed by atoms with E-state index in [0.29, 0.717) is 21.9 Å². The summed E-state index contributed by atoms with van der Waals surface area (Å²) in [5.74, 6) is 0.884. The molecule has 2 N–H and O–H groups in total. The van der Waals surface area contributed by atoms with E-state index < -0.39 is 4.92 Å². The van der Waals surface area contributed by atoms with Crippen molar-refractivity contribution >= 4 is 43.2 Å². The van der Waals surface area contributed by atoms with Gasteiger partial charge in [0.05, 0.1) is 40.0 Å². The summed E-state index contributed by atoms with van der Waals surface area (Å²) in [6.45, 7) is 0. The molecular formula is C12H12Br2N4O4. The van der Waals surface area contributed by atoms with Crippen LogP contribution in [0.4, 0.5) is 11.4 Å². The van der Waals surface area contributed by atoms with Crippen molar-refractivity contribution in [3.05, 3.63) is 43.6 Å². The first kappa shape index (κ1) is 18.1. The van der Waals surface area contributed by atoms with E-state index in [2.05, 4.69) is 41.8 Å². The number of anilines is 1. The Morgan fingerprint density at radius 3 is 2.00 bits per heavy atom. The second-order valence-electron chi connectivity index (χ2n) is 3.70. The summed E-state index contributed by atoms with van der Waals surface area (Å²) in [5.41, 5.74) is 5.99. The standard InChI is InChI=1S/C6H5BrN2O3.C6H7BrN2O/c1-12-6-5(7)2-4(3-8-6)9(10)11;1-10-6-5(7)2-4(8)3-9-6/h2-3H,1H3;2-3H,8H2,1H3. The van der Waals surface area contributed by atoms with Crippen LogP contribution >= 0.6 is 31.9 Å². The van der Waals surface area contributed by atoms with Crippen molar-refractivity contribution < 1.29 is 14.4 Å². The zero-order valence-electron chi connectivity index (χ0n) is 11.6. The maximum atomic E-state index is 10.3. The smallest absolute Gasteiger partial charge is 0.288 e. The summed E-state index contributed by atoms with van der Waals surface area (Å²) in [4.78, 5) is 17.3. The van der Waals surface area contributed by atoms with Crippen LogP contribution in [0.3, 0.4) is 0 Å². The van der Waals surface area contributed by atoms with E-state index in [9.17, 15) is 10.1 Å². The predicted molar refractivity (Wildman–Crippen MR) is 88.0 cm³/mol. The Kier molecular flexibility index (Phi) is 6.99. The molecule has 0 amide bonds. The van der Waals surface area contributed by atoms with Gasteiger partial charge < -0.3 is 15.2 Å². The molecule has 8 nitrogen and oxygen atoms in total. The van der Waals surface area contributed by atoms with E-state index in [1.165, 1.54) is 13.2 Å². The molecule has 0 atom stereocenters. The predicted octanol–water partition coefficient (Wildman–Crippen LogP) is 3.20. The van der Waals surface area contributed by atoms with Crippen LogP contribution in [0.2, 0.25) is 0 Å². The fourth-order valence-corrected chi connectivity index (χ4v) is 2.28. The first-order valence-electron chi connectivity index (χ1n) is 5.68. The monoisotopic (exact) mass is 434 g/mol. The minimum Gasteiger partial charge on any atom is -0.480 e. The summed E-state index contributed by atoms with van der Waals surface area (Å²) < 4.78 is 10.9. The van der Waals surface area contributed by atoms with Gasteiger partial charge in [-0.3, -0.25) is 10.1 Å². The van der Waals surface area contributed by atoms with Crippen LogP contribution in [-0.2, 0) is 0 Å². The van der Waals surface area contributed by atoms with Gasteiger partial charge in [0, 0.05) is 6.07 Å². The lowest BCUT2D eigenvalue weighted by molar-refractivity contribution is -0.385. The van der Waals surface area contributed by atoms with E-state index >= 15 is 0 Å². The number of nitrogens with two attached hydrogens (primary N) is 1. The first-order chi connectivity index (χ1) is 10.4. The molecule has 0 spiro atoms. The Bertz CT molecular complexity index is 670. The molecule has 0 saturated heterocycles.